The number of hydrogen-bond donors (Lipinski definition) is 1. The van der Waals surface area contributed by atoms with E-state index in [4.69, 9.17) is 11.6 Å². The van der Waals surface area contributed by atoms with Gasteiger partial charge >= 0.3 is 0 Å². The minimum absolute atomic E-state index is 0.0743. The third kappa shape index (κ3) is 5.31. The summed E-state index contributed by atoms with van der Waals surface area (Å²) in [5.74, 6) is -0.149. The number of halogens is 1. The van der Waals surface area contributed by atoms with E-state index in [1.807, 2.05) is 20.8 Å². The highest BCUT2D eigenvalue weighted by molar-refractivity contribution is 6.34. The number of nitrogens with zero attached hydrogens (tertiary/aromatic N) is 1. The van der Waals surface area contributed by atoms with Crippen molar-refractivity contribution in [1.29, 1.82) is 0 Å². The van der Waals surface area contributed by atoms with Crippen LogP contribution in [0.3, 0.4) is 0 Å². The Morgan fingerprint density at radius 2 is 1.90 bits per heavy atom. The summed E-state index contributed by atoms with van der Waals surface area (Å²) in [5, 5.41) is 3.26. The lowest BCUT2D eigenvalue weighted by atomic mass is 10.1. The summed E-state index contributed by atoms with van der Waals surface area (Å²) in [6, 6.07) is 7.05. The zero-order chi connectivity index (χ0) is 15.1. The summed E-state index contributed by atoms with van der Waals surface area (Å²) in [7, 11) is 0. The second kappa shape index (κ2) is 8.02. The van der Waals surface area contributed by atoms with Crippen LogP contribution in [0.15, 0.2) is 24.3 Å². The van der Waals surface area contributed by atoms with E-state index in [0.29, 0.717) is 17.1 Å². The molecule has 0 heterocycles. The fourth-order valence-electron chi connectivity index (χ4n) is 1.83. The molecular weight excluding hydrogens is 276 g/mol. The van der Waals surface area contributed by atoms with Gasteiger partial charge < -0.3 is 5.32 Å². The summed E-state index contributed by atoms with van der Waals surface area (Å²) in [6.07, 6.45) is 0. The van der Waals surface area contributed by atoms with Crippen molar-refractivity contribution in [2.24, 2.45) is 0 Å². The van der Waals surface area contributed by atoms with Crippen molar-refractivity contribution in [2.75, 3.05) is 19.6 Å². The molecule has 0 unspecified atom stereocenters. The van der Waals surface area contributed by atoms with E-state index in [-0.39, 0.29) is 30.8 Å². The van der Waals surface area contributed by atoms with Crippen molar-refractivity contribution in [2.45, 2.75) is 26.8 Å². The van der Waals surface area contributed by atoms with Crippen LogP contribution < -0.4 is 5.32 Å². The standard InChI is InChI=1S/C15H21ClN2O2/c1-4-18(10-15(20)17-11(2)3)9-14(19)12-7-5-6-8-13(12)16/h5-8,11H,4,9-10H2,1-3H3,(H,17,20). The molecule has 0 fully saturated rings. The molecule has 4 nitrogen and oxygen atoms in total. The minimum Gasteiger partial charge on any atom is -0.353 e. The third-order valence-electron chi connectivity index (χ3n) is 2.81. The molecule has 110 valence electrons. The highest BCUT2D eigenvalue weighted by Crippen LogP contribution is 2.15. The van der Waals surface area contributed by atoms with Crippen LogP contribution in [-0.4, -0.2) is 42.3 Å². The molecule has 0 bridgehead atoms. The summed E-state index contributed by atoms with van der Waals surface area (Å²) >= 11 is 6.00. The predicted octanol–water partition coefficient (Wildman–Crippen LogP) is 2.37. The molecule has 0 atom stereocenters. The van der Waals surface area contributed by atoms with Crippen LogP contribution in [0.5, 0.6) is 0 Å². The molecular formula is C15H21ClN2O2. The van der Waals surface area contributed by atoms with E-state index in [0.717, 1.165) is 0 Å². The highest BCUT2D eigenvalue weighted by Gasteiger charge is 2.16. The topological polar surface area (TPSA) is 49.4 Å². The quantitative estimate of drug-likeness (QED) is 0.786. The first kappa shape index (κ1) is 16.7. The number of ketones is 1. The Kier molecular flexibility index (Phi) is 6.68. The summed E-state index contributed by atoms with van der Waals surface area (Å²) < 4.78 is 0. The van der Waals surface area contributed by atoms with Gasteiger partial charge in [-0.25, -0.2) is 0 Å². The molecule has 0 aromatic heterocycles. The lowest BCUT2D eigenvalue weighted by Crippen LogP contribution is -2.41. The van der Waals surface area contributed by atoms with Crippen LogP contribution in [0, 0.1) is 0 Å². The predicted molar refractivity (Wildman–Crippen MR) is 81.2 cm³/mol. The first-order valence-corrected chi connectivity index (χ1v) is 7.11. The number of carbonyl (C=O) groups is 2. The van der Waals surface area contributed by atoms with Crippen molar-refractivity contribution in [3.8, 4) is 0 Å². The van der Waals surface area contributed by atoms with Crippen molar-refractivity contribution < 1.29 is 9.59 Å². The molecule has 1 N–H and O–H groups in total. The van der Waals surface area contributed by atoms with Crippen LogP contribution >= 0.6 is 11.6 Å². The first-order chi connectivity index (χ1) is 9.43. The van der Waals surface area contributed by atoms with Crippen molar-refractivity contribution in [1.82, 2.24) is 10.2 Å². The zero-order valence-electron chi connectivity index (χ0n) is 12.1. The van der Waals surface area contributed by atoms with Crippen molar-refractivity contribution >= 4 is 23.3 Å². The number of likely N-dealkylation sites (N-methyl/N-ethyl adjacent to an activating group) is 1. The van der Waals surface area contributed by atoms with Crippen molar-refractivity contribution in [3.63, 3.8) is 0 Å². The van der Waals surface area contributed by atoms with Crippen LogP contribution in [0.2, 0.25) is 5.02 Å². The van der Waals surface area contributed by atoms with Gasteiger partial charge in [0.1, 0.15) is 0 Å². The number of carbonyl (C=O) groups excluding carboxylic acids is 2. The number of amides is 1. The Morgan fingerprint density at radius 3 is 2.45 bits per heavy atom. The summed E-state index contributed by atoms with van der Waals surface area (Å²) in [4.78, 5) is 25.7. The van der Waals surface area contributed by atoms with Gasteiger partial charge in [0.15, 0.2) is 5.78 Å². The number of rotatable bonds is 7. The van der Waals surface area contributed by atoms with E-state index < -0.39 is 0 Å². The fraction of sp³-hybridized carbons (Fsp3) is 0.467. The second-order valence-electron chi connectivity index (χ2n) is 4.93. The molecule has 0 radical (unpaired) electrons. The summed E-state index contributed by atoms with van der Waals surface area (Å²) in [6.45, 7) is 6.76. The molecule has 1 amide bonds. The molecule has 0 spiro atoms. The monoisotopic (exact) mass is 296 g/mol. The Hall–Kier alpha value is -1.39. The largest absolute Gasteiger partial charge is 0.353 e. The average molecular weight is 297 g/mol. The molecule has 1 aromatic rings. The minimum atomic E-state index is -0.0752. The third-order valence-corrected chi connectivity index (χ3v) is 3.14. The second-order valence-corrected chi connectivity index (χ2v) is 5.34. The Balaban J connectivity index is 2.62. The van der Waals surface area contributed by atoms with Crippen LogP contribution in [-0.2, 0) is 4.79 Å². The molecule has 0 saturated carbocycles. The first-order valence-electron chi connectivity index (χ1n) is 6.73. The number of hydrogen-bond acceptors (Lipinski definition) is 3. The van der Waals surface area contributed by atoms with E-state index >= 15 is 0 Å². The molecule has 0 aliphatic rings. The lowest BCUT2D eigenvalue weighted by molar-refractivity contribution is -0.122. The van der Waals surface area contributed by atoms with E-state index in [1.54, 1.807) is 29.2 Å². The van der Waals surface area contributed by atoms with Gasteiger partial charge in [-0.15, -0.1) is 0 Å². The van der Waals surface area contributed by atoms with Gasteiger partial charge in [0.2, 0.25) is 5.91 Å². The maximum atomic E-state index is 12.2. The molecule has 5 heteroatoms. The van der Waals surface area contributed by atoms with Gasteiger partial charge in [0.25, 0.3) is 0 Å². The molecule has 0 saturated heterocycles. The van der Waals surface area contributed by atoms with E-state index in [9.17, 15) is 9.59 Å². The highest BCUT2D eigenvalue weighted by atomic mass is 35.5. The van der Waals surface area contributed by atoms with Crippen LogP contribution in [0.1, 0.15) is 31.1 Å². The van der Waals surface area contributed by atoms with E-state index in [2.05, 4.69) is 5.32 Å². The molecule has 0 aliphatic carbocycles. The maximum Gasteiger partial charge on any atom is 0.234 e. The van der Waals surface area contributed by atoms with Crippen molar-refractivity contribution in [3.05, 3.63) is 34.9 Å². The zero-order valence-corrected chi connectivity index (χ0v) is 12.9. The number of Topliss-reactive ketones (excluding diaryl/α,β-unsaturated/α-hetero) is 1. The number of nitrogens with one attached hydrogen (secondary N) is 1. The maximum absolute atomic E-state index is 12.2. The average Bonchev–Trinajstić information content (AvgIpc) is 2.37. The molecule has 20 heavy (non-hydrogen) atoms. The Labute approximate surface area is 125 Å². The van der Waals surface area contributed by atoms with Gasteiger partial charge in [0, 0.05) is 11.6 Å². The van der Waals surface area contributed by atoms with Gasteiger partial charge in [-0.2, -0.15) is 0 Å². The van der Waals surface area contributed by atoms with Gasteiger partial charge in [-0.05, 0) is 32.5 Å². The van der Waals surface area contributed by atoms with Gasteiger partial charge in [-0.3, -0.25) is 14.5 Å². The number of benzene rings is 1. The molecule has 1 rings (SSSR count). The Morgan fingerprint density at radius 1 is 1.25 bits per heavy atom. The van der Waals surface area contributed by atoms with Crippen LogP contribution in [0.25, 0.3) is 0 Å². The van der Waals surface area contributed by atoms with Gasteiger partial charge in [0.05, 0.1) is 18.1 Å². The van der Waals surface area contributed by atoms with Gasteiger partial charge in [-0.1, -0.05) is 30.7 Å². The molecule has 0 aliphatic heterocycles. The normalized spacial score (nSPS) is 10.9. The van der Waals surface area contributed by atoms with E-state index in [1.165, 1.54) is 0 Å². The fourth-order valence-corrected chi connectivity index (χ4v) is 2.07. The molecule has 1 aromatic carbocycles. The SMILES string of the molecule is CCN(CC(=O)NC(C)C)CC(=O)c1ccccc1Cl. The lowest BCUT2D eigenvalue weighted by Gasteiger charge is -2.20. The summed E-state index contributed by atoms with van der Waals surface area (Å²) in [5.41, 5.74) is 0.497. The smallest absolute Gasteiger partial charge is 0.234 e. The Bertz CT molecular complexity index is 475. The van der Waals surface area contributed by atoms with Crippen LogP contribution in [0.4, 0.5) is 0 Å².